The molecule has 24 heavy (non-hydrogen) atoms. The molecule has 1 unspecified atom stereocenters. The van der Waals surface area contributed by atoms with Crippen LogP contribution in [-0.2, 0) is 15.7 Å². The van der Waals surface area contributed by atoms with Crippen LogP contribution in [0.25, 0.3) is 0 Å². The molecular weight excluding hydrogens is 327 g/mol. The number of carboxylic acids is 1. The van der Waals surface area contributed by atoms with Crippen molar-refractivity contribution >= 4 is 11.8 Å². The van der Waals surface area contributed by atoms with Crippen LogP contribution in [0.3, 0.4) is 0 Å². The zero-order valence-corrected chi connectivity index (χ0v) is 12.6. The largest absolute Gasteiger partial charge is 0.481 e. The van der Waals surface area contributed by atoms with Gasteiger partial charge in [0.25, 0.3) is 0 Å². The third kappa shape index (κ3) is 4.35. The Balaban J connectivity index is 2.09. The van der Waals surface area contributed by atoms with Crippen molar-refractivity contribution in [1.29, 1.82) is 5.26 Å². The molecule has 0 amide bonds. The third-order valence-corrected chi connectivity index (χ3v) is 3.96. The summed E-state index contributed by atoms with van der Waals surface area (Å²) in [5, 5.41) is 20.9. The van der Waals surface area contributed by atoms with Crippen LogP contribution in [0.2, 0.25) is 0 Å². The smallest absolute Gasteiger partial charge is 0.419 e. The summed E-state index contributed by atoms with van der Waals surface area (Å²) < 4.78 is 43.4. The van der Waals surface area contributed by atoms with Crippen LogP contribution in [0.15, 0.2) is 12.1 Å². The van der Waals surface area contributed by atoms with E-state index in [0.29, 0.717) is 26.1 Å². The number of pyridine rings is 1. The number of hydrogen-bond donors (Lipinski definition) is 2. The summed E-state index contributed by atoms with van der Waals surface area (Å²) in [6.45, 7) is 1.00. The van der Waals surface area contributed by atoms with E-state index < -0.39 is 29.3 Å². The fourth-order valence-corrected chi connectivity index (χ4v) is 2.66. The zero-order valence-electron chi connectivity index (χ0n) is 12.6. The van der Waals surface area contributed by atoms with Gasteiger partial charge in [-0.05, 0) is 30.9 Å². The highest BCUT2D eigenvalue weighted by molar-refractivity contribution is 5.71. The Labute approximate surface area is 136 Å². The predicted molar refractivity (Wildman–Crippen MR) is 77.1 cm³/mol. The topological polar surface area (TPSA) is 95.2 Å². The van der Waals surface area contributed by atoms with Gasteiger partial charge in [0, 0.05) is 19.8 Å². The molecule has 0 aromatic carbocycles. The standard InChI is InChI=1S/C15H16F3N3O3/c16-15(17,18)11-1-2-13(21-12(11)7-19)20-8-10(14(22)23)9-3-5-24-6-4-9/h1-2,9-10H,3-6,8H2,(H,20,21)(H,22,23). The molecule has 2 heterocycles. The second kappa shape index (κ2) is 7.49. The average molecular weight is 343 g/mol. The first-order valence-electron chi connectivity index (χ1n) is 7.35. The van der Waals surface area contributed by atoms with Gasteiger partial charge in [-0.15, -0.1) is 0 Å². The first-order valence-corrected chi connectivity index (χ1v) is 7.35. The number of anilines is 1. The van der Waals surface area contributed by atoms with E-state index in [0.717, 1.165) is 12.1 Å². The zero-order chi connectivity index (χ0) is 17.7. The lowest BCUT2D eigenvalue weighted by Gasteiger charge is -2.27. The van der Waals surface area contributed by atoms with Crippen LogP contribution in [0.5, 0.6) is 0 Å². The van der Waals surface area contributed by atoms with Gasteiger partial charge in [-0.1, -0.05) is 0 Å². The van der Waals surface area contributed by atoms with Crippen molar-refractivity contribution in [3.8, 4) is 6.07 Å². The quantitative estimate of drug-likeness (QED) is 0.853. The van der Waals surface area contributed by atoms with E-state index in [1.165, 1.54) is 6.07 Å². The van der Waals surface area contributed by atoms with Crippen molar-refractivity contribution in [3.63, 3.8) is 0 Å². The highest BCUT2D eigenvalue weighted by Crippen LogP contribution is 2.32. The van der Waals surface area contributed by atoms with Gasteiger partial charge >= 0.3 is 12.1 Å². The van der Waals surface area contributed by atoms with Crippen LogP contribution in [-0.4, -0.2) is 35.8 Å². The molecule has 9 heteroatoms. The van der Waals surface area contributed by atoms with Gasteiger partial charge in [-0.25, -0.2) is 4.98 Å². The second-order valence-corrected chi connectivity index (χ2v) is 5.48. The lowest BCUT2D eigenvalue weighted by Crippen LogP contribution is -2.34. The van der Waals surface area contributed by atoms with Crippen LogP contribution in [0.1, 0.15) is 24.1 Å². The summed E-state index contributed by atoms with van der Waals surface area (Å²) in [4.78, 5) is 15.1. The fourth-order valence-electron chi connectivity index (χ4n) is 2.66. The number of carbonyl (C=O) groups is 1. The van der Waals surface area contributed by atoms with Crippen molar-refractivity contribution in [2.24, 2.45) is 11.8 Å². The molecular formula is C15H16F3N3O3. The number of nitrogens with zero attached hydrogens (tertiary/aromatic N) is 2. The first kappa shape index (κ1) is 18.0. The summed E-state index contributed by atoms with van der Waals surface area (Å²) in [7, 11) is 0. The van der Waals surface area contributed by atoms with Crippen LogP contribution in [0.4, 0.5) is 19.0 Å². The molecule has 0 bridgehead atoms. The molecule has 2 rings (SSSR count). The number of halogens is 3. The Morgan fingerprint density at radius 2 is 2.12 bits per heavy atom. The maximum Gasteiger partial charge on any atom is 0.419 e. The van der Waals surface area contributed by atoms with Crippen LogP contribution >= 0.6 is 0 Å². The first-order chi connectivity index (χ1) is 11.3. The molecule has 1 aromatic heterocycles. The Kier molecular flexibility index (Phi) is 5.62. The van der Waals surface area contributed by atoms with Crippen LogP contribution < -0.4 is 5.32 Å². The summed E-state index contributed by atoms with van der Waals surface area (Å²) in [6.07, 6.45) is -3.44. The number of alkyl halides is 3. The van der Waals surface area contributed by atoms with Gasteiger partial charge in [-0.2, -0.15) is 18.4 Å². The minimum absolute atomic E-state index is 0.0171. The normalized spacial score (nSPS) is 17.1. The fraction of sp³-hybridized carbons (Fsp3) is 0.533. The molecule has 0 spiro atoms. The molecule has 6 nitrogen and oxygen atoms in total. The Morgan fingerprint density at radius 3 is 2.67 bits per heavy atom. The maximum absolute atomic E-state index is 12.7. The van der Waals surface area contributed by atoms with Crippen molar-refractivity contribution < 1.29 is 27.8 Å². The summed E-state index contributed by atoms with van der Waals surface area (Å²) in [5.41, 5.74) is -1.86. The number of carboxylic acid groups (broad SMARTS) is 1. The molecule has 2 N–H and O–H groups in total. The number of ether oxygens (including phenoxy) is 1. The van der Waals surface area contributed by atoms with E-state index >= 15 is 0 Å². The van der Waals surface area contributed by atoms with Crippen molar-refractivity contribution in [2.45, 2.75) is 19.0 Å². The number of aromatic nitrogens is 1. The monoisotopic (exact) mass is 343 g/mol. The van der Waals surface area contributed by atoms with Gasteiger partial charge in [-0.3, -0.25) is 4.79 Å². The summed E-state index contributed by atoms with van der Waals surface area (Å²) >= 11 is 0. The van der Waals surface area contributed by atoms with Crippen molar-refractivity contribution in [1.82, 2.24) is 4.98 Å². The van der Waals surface area contributed by atoms with Crippen molar-refractivity contribution in [3.05, 3.63) is 23.4 Å². The van der Waals surface area contributed by atoms with E-state index in [1.807, 2.05) is 0 Å². The average Bonchev–Trinajstić information content (AvgIpc) is 2.54. The maximum atomic E-state index is 12.7. The lowest BCUT2D eigenvalue weighted by molar-refractivity contribution is -0.144. The van der Waals surface area contributed by atoms with E-state index in [-0.39, 0.29) is 18.3 Å². The van der Waals surface area contributed by atoms with Gasteiger partial charge < -0.3 is 15.2 Å². The summed E-state index contributed by atoms with van der Waals surface area (Å²) in [5.74, 6) is -1.73. The Hall–Kier alpha value is -2.34. The van der Waals surface area contributed by atoms with E-state index in [2.05, 4.69) is 10.3 Å². The molecule has 1 aliphatic rings. The molecule has 0 saturated carbocycles. The molecule has 0 aliphatic carbocycles. The predicted octanol–water partition coefficient (Wildman–Crippen LogP) is 2.51. The Morgan fingerprint density at radius 1 is 1.46 bits per heavy atom. The van der Waals surface area contributed by atoms with Crippen molar-refractivity contribution in [2.75, 3.05) is 25.1 Å². The van der Waals surface area contributed by atoms with E-state index in [1.54, 1.807) is 0 Å². The van der Waals surface area contributed by atoms with E-state index in [4.69, 9.17) is 10.00 Å². The molecule has 1 saturated heterocycles. The van der Waals surface area contributed by atoms with Gasteiger partial charge in [0.1, 0.15) is 11.9 Å². The van der Waals surface area contributed by atoms with E-state index in [9.17, 15) is 23.1 Å². The highest BCUT2D eigenvalue weighted by Gasteiger charge is 2.35. The second-order valence-electron chi connectivity index (χ2n) is 5.48. The number of nitriles is 1. The molecule has 130 valence electrons. The minimum Gasteiger partial charge on any atom is -0.481 e. The lowest BCUT2D eigenvalue weighted by atomic mass is 9.86. The third-order valence-electron chi connectivity index (χ3n) is 3.96. The molecule has 1 aromatic rings. The number of aliphatic carboxylic acids is 1. The molecule has 0 radical (unpaired) electrons. The minimum atomic E-state index is -4.66. The molecule has 1 atom stereocenters. The van der Waals surface area contributed by atoms with Gasteiger partial charge in [0.2, 0.25) is 0 Å². The summed E-state index contributed by atoms with van der Waals surface area (Å²) in [6, 6.07) is 3.26. The highest BCUT2D eigenvalue weighted by atomic mass is 19.4. The molecule has 1 fully saturated rings. The SMILES string of the molecule is N#Cc1nc(NCC(C(=O)O)C2CCOCC2)ccc1C(F)(F)F. The number of nitrogens with one attached hydrogen (secondary N) is 1. The van der Waals surface area contributed by atoms with Gasteiger partial charge in [0.15, 0.2) is 5.69 Å². The number of rotatable bonds is 5. The van der Waals surface area contributed by atoms with Gasteiger partial charge in [0.05, 0.1) is 11.5 Å². The number of hydrogen-bond acceptors (Lipinski definition) is 5. The molecule has 1 aliphatic heterocycles. The van der Waals surface area contributed by atoms with Crippen LogP contribution in [0, 0.1) is 23.2 Å². The Bertz CT molecular complexity index is 637.